The van der Waals surface area contributed by atoms with Crippen molar-refractivity contribution in [1.82, 2.24) is 9.88 Å². The molecular weight excluding hydrogens is 437 g/mol. The molecule has 1 saturated heterocycles. The summed E-state index contributed by atoms with van der Waals surface area (Å²) in [5, 5.41) is 0. The Kier molecular flexibility index (Phi) is 6.37. The molecule has 2 heterocycles. The number of hydrogen-bond acceptors (Lipinski definition) is 3. The number of pyridine rings is 1. The zero-order chi connectivity index (χ0) is 18.7. The van der Waals surface area contributed by atoms with Crippen molar-refractivity contribution >= 4 is 34.3 Å². The van der Waals surface area contributed by atoms with E-state index in [1.165, 1.54) is 11.1 Å². The first-order valence-corrected chi connectivity index (χ1v) is 10.8. The van der Waals surface area contributed by atoms with Gasteiger partial charge in [0.15, 0.2) is 0 Å². The summed E-state index contributed by atoms with van der Waals surface area (Å²) in [4.78, 5) is 21.7. The van der Waals surface area contributed by atoms with Crippen LogP contribution in [0.1, 0.15) is 43.7 Å². The van der Waals surface area contributed by atoms with Crippen LogP contribution in [-0.2, 0) is 4.79 Å². The van der Waals surface area contributed by atoms with E-state index in [1.54, 1.807) is 0 Å². The minimum atomic E-state index is 0.168. The van der Waals surface area contributed by atoms with Gasteiger partial charge in [0.25, 0.3) is 5.91 Å². The van der Waals surface area contributed by atoms with E-state index >= 15 is 0 Å². The Labute approximate surface area is 170 Å². The summed E-state index contributed by atoms with van der Waals surface area (Å²) in [6.45, 7) is 9.79. The van der Waals surface area contributed by atoms with Gasteiger partial charge in [-0.1, -0.05) is 60.7 Å². The number of carbonyl (C=O) groups excluding carboxylic acids is 1. The van der Waals surface area contributed by atoms with Crippen molar-refractivity contribution < 1.29 is 4.79 Å². The van der Waals surface area contributed by atoms with Gasteiger partial charge in [-0.15, -0.1) is 0 Å². The quantitative estimate of drug-likeness (QED) is 0.493. The standard InChI is InChI=1S/C21H28IN3O/c1-4-15(2)18-13-16(3)20(23-14-18)24-9-11-25(12-10-24)21(26)17-5-7-19(22)8-6-17/h5-7,13-15,19H,4,8-12H2,1-3H3. The molecule has 0 aromatic carbocycles. The van der Waals surface area contributed by atoms with Gasteiger partial charge in [-0.2, -0.15) is 0 Å². The number of allylic oxidation sites excluding steroid dienone is 2. The van der Waals surface area contributed by atoms with E-state index in [2.05, 4.69) is 66.5 Å². The van der Waals surface area contributed by atoms with E-state index < -0.39 is 0 Å². The average Bonchev–Trinajstić information content (AvgIpc) is 2.67. The molecule has 2 aliphatic rings. The summed E-state index contributed by atoms with van der Waals surface area (Å²) in [7, 11) is 0. The second-order valence-corrected chi connectivity index (χ2v) is 8.87. The molecule has 1 aromatic heterocycles. The molecule has 3 rings (SSSR count). The first kappa shape index (κ1) is 19.4. The lowest BCUT2D eigenvalue weighted by Gasteiger charge is -2.36. The highest BCUT2D eigenvalue weighted by molar-refractivity contribution is 14.1. The van der Waals surface area contributed by atoms with Crippen LogP contribution in [0, 0.1) is 6.92 Å². The molecule has 0 spiro atoms. The molecule has 1 aliphatic heterocycles. The van der Waals surface area contributed by atoms with Crippen LogP contribution in [0.4, 0.5) is 5.82 Å². The highest BCUT2D eigenvalue weighted by Gasteiger charge is 2.25. The number of carbonyl (C=O) groups is 1. The first-order valence-electron chi connectivity index (χ1n) is 9.52. The fourth-order valence-corrected chi connectivity index (χ4v) is 3.94. The number of nitrogens with zero attached hydrogens (tertiary/aromatic N) is 3. The number of anilines is 1. The third-order valence-electron chi connectivity index (χ3n) is 5.41. The summed E-state index contributed by atoms with van der Waals surface area (Å²) in [5.41, 5.74) is 3.39. The van der Waals surface area contributed by atoms with Crippen molar-refractivity contribution in [1.29, 1.82) is 0 Å². The minimum Gasteiger partial charge on any atom is -0.353 e. The fourth-order valence-electron chi connectivity index (χ4n) is 3.48. The Morgan fingerprint density at radius 3 is 2.65 bits per heavy atom. The Balaban J connectivity index is 1.62. The molecule has 4 nitrogen and oxygen atoms in total. The lowest BCUT2D eigenvalue weighted by Crippen LogP contribution is -2.49. The van der Waals surface area contributed by atoms with Gasteiger partial charge < -0.3 is 9.80 Å². The van der Waals surface area contributed by atoms with Gasteiger partial charge in [0, 0.05) is 41.9 Å². The maximum Gasteiger partial charge on any atom is 0.253 e. The van der Waals surface area contributed by atoms with Crippen LogP contribution < -0.4 is 4.90 Å². The molecule has 26 heavy (non-hydrogen) atoms. The third kappa shape index (κ3) is 4.30. The fraction of sp³-hybridized carbons (Fsp3) is 0.524. The number of hydrogen-bond donors (Lipinski definition) is 0. The number of rotatable bonds is 4. The number of amides is 1. The molecule has 1 aromatic rings. The molecule has 1 fully saturated rings. The zero-order valence-corrected chi connectivity index (χ0v) is 18.1. The molecule has 140 valence electrons. The van der Waals surface area contributed by atoms with Crippen molar-refractivity contribution in [3.05, 3.63) is 47.2 Å². The van der Waals surface area contributed by atoms with E-state index in [0.29, 0.717) is 9.84 Å². The molecule has 2 atom stereocenters. The smallest absolute Gasteiger partial charge is 0.253 e. The van der Waals surface area contributed by atoms with Crippen LogP contribution in [0.5, 0.6) is 0 Å². The average molecular weight is 465 g/mol. The molecule has 0 saturated carbocycles. The lowest BCUT2D eigenvalue weighted by molar-refractivity contribution is -0.127. The monoisotopic (exact) mass is 465 g/mol. The van der Waals surface area contributed by atoms with Gasteiger partial charge in [0.1, 0.15) is 5.82 Å². The maximum absolute atomic E-state index is 12.7. The highest BCUT2D eigenvalue weighted by Crippen LogP contribution is 2.25. The third-order valence-corrected chi connectivity index (χ3v) is 6.34. The van der Waals surface area contributed by atoms with Gasteiger partial charge in [-0.05, 0) is 36.8 Å². The van der Waals surface area contributed by atoms with E-state index in [1.807, 2.05) is 17.2 Å². The Morgan fingerprint density at radius 1 is 1.35 bits per heavy atom. The Bertz CT molecular complexity index is 720. The number of aromatic nitrogens is 1. The maximum atomic E-state index is 12.7. The summed E-state index contributed by atoms with van der Waals surface area (Å²) >= 11 is 2.40. The zero-order valence-electron chi connectivity index (χ0n) is 15.9. The number of alkyl halides is 1. The van der Waals surface area contributed by atoms with Crippen molar-refractivity contribution in [3.8, 4) is 0 Å². The van der Waals surface area contributed by atoms with Crippen LogP contribution >= 0.6 is 22.6 Å². The largest absolute Gasteiger partial charge is 0.353 e. The molecule has 0 bridgehead atoms. The van der Waals surface area contributed by atoms with Crippen LogP contribution in [0.15, 0.2) is 36.1 Å². The summed E-state index contributed by atoms with van der Waals surface area (Å²) < 4.78 is 0.508. The second kappa shape index (κ2) is 8.55. The number of aryl methyl sites for hydroxylation is 1. The van der Waals surface area contributed by atoms with Crippen LogP contribution in [0.2, 0.25) is 0 Å². The molecule has 1 amide bonds. The van der Waals surface area contributed by atoms with E-state index in [-0.39, 0.29) is 5.91 Å². The number of piperazine rings is 1. The van der Waals surface area contributed by atoms with Crippen molar-refractivity contribution in [2.45, 2.75) is 43.5 Å². The van der Waals surface area contributed by atoms with Gasteiger partial charge in [0.2, 0.25) is 0 Å². The van der Waals surface area contributed by atoms with E-state index in [9.17, 15) is 4.79 Å². The highest BCUT2D eigenvalue weighted by atomic mass is 127. The van der Waals surface area contributed by atoms with Crippen LogP contribution in [-0.4, -0.2) is 45.9 Å². The van der Waals surface area contributed by atoms with Gasteiger partial charge in [0.05, 0.1) is 0 Å². The normalized spacial score (nSPS) is 21.5. The van der Waals surface area contributed by atoms with Gasteiger partial charge >= 0.3 is 0 Å². The number of halogens is 1. The van der Waals surface area contributed by atoms with Crippen molar-refractivity contribution in [2.75, 3.05) is 31.1 Å². The van der Waals surface area contributed by atoms with Crippen molar-refractivity contribution in [3.63, 3.8) is 0 Å². The van der Waals surface area contributed by atoms with E-state index in [0.717, 1.165) is 50.4 Å². The Hall–Kier alpha value is -1.37. The SMILES string of the molecule is CCC(C)c1cnc(N2CCN(C(=O)C3=CCC(I)C=C3)CC2)c(C)c1. The van der Waals surface area contributed by atoms with Crippen LogP contribution in [0.25, 0.3) is 0 Å². The molecular formula is C21H28IN3O. The van der Waals surface area contributed by atoms with Crippen LogP contribution in [0.3, 0.4) is 0 Å². The minimum absolute atomic E-state index is 0.168. The predicted molar refractivity (Wildman–Crippen MR) is 116 cm³/mol. The second-order valence-electron chi connectivity index (χ2n) is 7.27. The van der Waals surface area contributed by atoms with Gasteiger partial charge in [-0.3, -0.25) is 4.79 Å². The van der Waals surface area contributed by atoms with Gasteiger partial charge in [-0.25, -0.2) is 4.98 Å². The molecule has 0 radical (unpaired) electrons. The summed E-state index contributed by atoms with van der Waals surface area (Å²) in [5.74, 6) is 1.78. The lowest BCUT2D eigenvalue weighted by atomic mass is 9.99. The molecule has 1 aliphatic carbocycles. The topological polar surface area (TPSA) is 36.4 Å². The first-order chi connectivity index (χ1) is 12.5. The predicted octanol–water partition coefficient (Wildman–Crippen LogP) is 4.24. The summed E-state index contributed by atoms with van der Waals surface area (Å²) in [6, 6.07) is 2.27. The molecule has 2 unspecified atom stereocenters. The Morgan fingerprint density at radius 2 is 2.08 bits per heavy atom. The molecule has 5 heteroatoms. The van der Waals surface area contributed by atoms with Crippen molar-refractivity contribution in [2.24, 2.45) is 0 Å². The summed E-state index contributed by atoms with van der Waals surface area (Å²) in [6.07, 6.45) is 10.3. The van der Waals surface area contributed by atoms with E-state index in [4.69, 9.17) is 4.98 Å². The molecule has 0 N–H and O–H groups in total.